The van der Waals surface area contributed by atoms with Crippen LogP contribution in [0, 0.1) is 0 Å². The smallest absolute Gasteiger partial charge is 0.00202 e. The average Bonchev–Trinajstić information content (AvgIpc) is 3.23. The molecule has 0 aliphatic heterocycles. The van der Waals surface area contributed by atoms with Gasteiger partial charge in [-0.15, -0.1) is 0 Å². The molecule has 0 N–H and O–H groups in total. The molecule has 18 heavy (non-hydrogen) atoms. The molecule has 0 radical (unpaired) electrons. The van der Waals surface area contributed by atoms with Crippen molar-refractivity contribution in [2.24, 2.45) is 0 Å². The quantitative estimate of drug-likeness (QED) is 0.692. The first-order valence-electron chi connectivity index (χ1n) is 7.09. The molecule has 4 rings (SSSR count). The van der Waals surface area contributed by atoms with Crippen molar-refractivity contribution in [3.63, 3.8) is 0 Å². The molecule has 0 nitrogen and oxygen atoms in total. The van der Waals surface area contributed by atoms with E-state index < -0.39 is 0 Å². The maximum Gasteiger partial charge on any atom is -0.00202 e. The van der Waals surface area contributed by atoms with Gasteiger partial charge in [0.15, 0.2) is 0 Å². The number of aryl methyl sites for hydroxylation is 1. The van der Waals surface area contributed by atoms with Crippen molar-refractivity contribution >= 4 is 0 Å². The molecule has 0 heteroatoms. The van der Waals surface area contributed by atoms with Crippen LogP contribution in [0.3, 0.4) is 0 Å². The van der Waals surface area contributed by atoms with E-state index in [9.17, 15) is 0 Å². The Balaban J connectivity index is 1.82. The van der Waals surface area contributed by atoms with E-state index in [1.165, 1.54) is 31.2 Å². The molecule has 2 aromatic rings. The number of hydrogen-bond acceptors (Lipinski definition) is 0. The third kappa shape index (κ3) is 1.68. The van der Waals surface area contributed by atoms with Crippen LogP contribution < -0.4 is 0 Å². The molecule has 0 bridgehead atoms. The molecule has 0 aromatic heterocycles. The van der Waals surface area contributed by atoms with Crippen LogP contribution in [-0.2, 0) is 19.3 Å². The van der Waals surface area contributed by atoms with Gasteiger partial charge >= 0.3 is 0 Å². The van der Waals surface area contributed by atoms with Crippen LogP contribution in [0.5, 0.6) is 0 Å². The van der Waals surface area contributed by atoms with E-state index in [1.807, 2.05) is 0 Å². The van der Waals surface area contributed by atoms with E-state index in [2.05, 4.69) is 42.5 Å². The molecule has 1 fully saturated rings. The lowest BCUT2D eigenvalue weighted by Crippen LogP contribution is -1.98. The first-order valence-corrected chi connectivity index (χ1v) is 7.09. The SMILES string of the molecule is c1ccc2c(c1)CCc1c(cccc1C1CC1)C2. The highest BCUT2D eigenvalue weighted by atomic mass is 14.3. The monoisotopic (exact) mass is 234 g/mol. The Labute approximate surface area is 109 Å². The van der Waals surface area contributed by atoms with Gasteiger partial charge < -0.3 is 0 Å². The molecular weight excluding hydrogens is 216 g/mol. The molecule has 0 atom stereocenters. The van der Waals surface area contributed by atoms with Crippen molar-refractivity contribution in [3.05, 3.63) is 70.3 Å². The maximum atomic E-state index is 2.37. The second-order valence-corrected chi connectivity index (χ2v) is 5.70. The lowest BCUT2D eigenvalue weighted by atomic mass is 9.94. The number of benzene rings is 2. The highest BCUT2D eigenvalue weighted by molar-refractivity contribution is 5.45. The first kappa shape index (κ1) is 10.4. The van der Waals surface area contributed by atoms with Crippen LogP contribution in [0.4, 0.5) is 0 Å². The van der Waals surface area contributed by atoms with Crippen molar-refractivity contribution in [2.45, 2.75) is 38.0 Å². The molecule has 2 aliphatic rings. The van der Waals surface area contributed by atoms with Crippen LogP contribution in [0.15, 0.2) is 42.5 Å². The summed E-state index contributed by atoms with van der Waals surface area (Å²) < 4.78 is 0. The summed E-state index contributed by atoms with van der Waals surface area (Å²) in [7, 11) is 0. The Morgan fingerprint density at radius 2 is 1.50 bits per heavy atom. The summed E-state index contributed by atoms with van der Waals surface area (Å²) in [4.78, 5) is 0. The van der Waals surface area contributed by atoms with E-state index in [4.69, 9.17) is 0 Å². The summed E-state index contributed by atoms with van der Waals surface area (Å²) in [5.74, 6) is 0.876. The summed E-state index contributed by atoms with van der Waals surface area (Å²) >= 11 is 0. The summed E-state index contributed by atoms with van der Waals surface area (Å²) in [5, 5.41) is 0. The normalized spacial score (nSPS) is 17.8. The first-order chi connectivity index (χ1) is 8.92. The van der Waals surface area contributed by atoms with Gasteiger partial charge in [-0.05, 0) is 65.8 Å². The van der Waals surface area contributed by atoms with Gasteiger partial charge in [0, 0.05) is 0 Å². The van der Waals surface area contributed by atoms with Gasteiger partial charge in [-0.1, -0.05) is 42.5 Å². The van der Waals surface area contributed by atoms with Crippen LogP contribution >= 0.6 is 0 Å². The fourth-order valence-electron chi connectivity index (χ4n) is 3.34. The summed E-state index contributed by atoms with van der Waals surface area (Å²) in [5.41, 5.74) is 7.97. The summed E-state index contributed by atoms with van der Waals surface area (Å²) in [6.07, 6.45) is 6.39. The third-order valence-corrected chi connectivity index (χ3v) is 4.47. The second kappa shape index (κ2) is 3.98. The Kier molecular flexibility index (Phi) is 2.29. The molecule has 0 amide bonds. The lowest BCUT2D eigenvalue weighted by molar-refractivity contribution is 0.931. The summed E-state index contributed by atoms with van der Waals surface area (Å²) in [6.45, 7) is 0. The third-order valence-electron chi connectivity index (χ3n) is 4.47. The number of hydrogen-bond donors (Lipinski definition) is 0. The predicted molar refractivity (Wildman–Crippen MR) is 75.1 cm³/mol. The van der Waals surface area contributed by atoms with E-state index in [0.29, 0.717) is 0 Å². The molecular formula is C18H18. The zero-order valence-electron chi connectivity index (χ0n) is 10.7. The fraction of sp³-hybridized carbons (Fsp3) is 0.333. The van der Waals surface area contributed by atoms with Crippen molar-refractivity contribution in [1.29, 1.82) is 0 Å². The van der Waals surface area contributed by atoms with E-state index >= 15 is 0 Å². The topological polar surface area (TPSA) is 0 Å². The minimum absolute atomic E-state index is 0.876. The highest BCUT2D eigenvalue weighted by Crippen LogP contribution is 2.43. The van der Waals surface area contributed by atoms with Gasteiger partial charge in [0.25, 0.3) is 0 Å². The second-order valence-electron chi connectivity index (χ2n) is 5.70. The van der Waals surface area contributed by atoms with Crippen molar-refractivity contribution in [3.8, 4) is 0 Å². The average molecular weight is 234 g/mol. The maximum absolute atomic E-state index is 2.37. The van der Waals surface area contributed by atoms with Crippen LogP contribution in [0.2, 0.25) is 0 Å². The van der Waals surface area contributed by atoms with Crippen molar-refractivity contribution in [2.75, 3.05) is 0 Å². The zero-order chi connectivity index (χ0) is 11.9. The van der Waals surface area contributed by atoms with E-state index in [0.717, 1.165) is 12.3 Å². The molecule has 0 saturated heterocycles. The fourth-order valence-corrected chi connectivity index (χ4v) is 3.34. The van der Waals surface area contributed by atoms with Crippen molar-refractivity contribution in [1.82, 2.24) is 0 Å². The van der Waals surface area contributed by atoms with Gasteiger partial charge in [0.1, 0.15) is 0 Å². The zero-order valence-corrected chi connectivity index (χ0v) is 10.7. The highest BCUT2D eigenvalue weighted by Gasteiger charge is 2.27. The largest absolute Gasteiger partial charge is 0.0620 e. The number of rotatable bonds is 1. The lowest BCUT2D eigenvalue weighted by Gasteiger charge is -2.11. The molecule has 1 saturated carbocycles. The van der Waals surface area contributed by atoms with Crippen LogP contribution in [-0.4, -0.2) is 0 Å². The Bertz CT molecular complexity index is 591. The molecule has 2 aromatic carbocycles. The molecule has 0 heterocycles. The Morgan fingerprint density at radius 3 is 2.33 bits per heavy atom. The standard InChI is InChI=1S/C18H18/c1-2-5-15-12-16-6-3-7-17(14-8-9-14)18(16)11-10-13(15)4-1/h1-7,14H,8-12H2. The van der Waals surface area contributed by atoms with Gasteiger partial charge in [-0.3, -0.25) is 0 Å². The summed E-state index contributed by atoms with van der Waals surface area (Å²) in [6, 6.07) is 15.9. The van der Waals surface area contributed by atoms with E-state index in [-0.39, 0.29) is 0 Å². The minimum Gasteiger partial charge on any atom is -0.0620 e. The predicted octanol–water partition coefficient (Wildman–Crippen LogP) is 4.25. The molecule has 90 valence electrons. The van der Waals surface area contributed by atoms with Crippen molar-refractivity contribution < 1.29 is 0 Å². The van der Waals surface area contributed by atoms with Crippen LogP contribution in [0.1, 0.15) is 46.6 Å². The Morgan fingerprint density at radius 1 is 0.722 bits per heavy atom. The van der Waals surface area contributed by atoms with E-state index in [1.54, 1.807) is 22.3 Å². The van der Waals surface area contributed by atoms with Gasteiger partial charge in [-0.2, -0.15) is 0 Å². The van der Waals surface area contributed by atoms with Crippen LogP contribution in [0.25, 0.3) is 0 Å². The Hall–Kier alpha value is -1.56. The number of fused-ring (bicyclic) bond motifs is 2. The molecule has 2 aliphatic carbocycles. The minimum atomic E-state index is 0.876. The van der Waals surface area contributed by atoms with Gasteiger partial charge in [0.2, 0.25) is 0 Å². The van der Waals surface area contributed by atoms with Gasteiger partial charge in [-0.25, -0.2) is 0 Å². The molecule has 0 unspecified atom stereocenters. The van der Waals surface area contributed by atoms with Gasteiger partial charge in [0.05, 0.1) is 0 Å². The molecule has 0 spiro atoms.